The van der Waals surface area contributed by atoms with E-state index in [9.17, 15) is 19.2 Å². The van der Waals surface area contributed by atoms with Crippen LogP contribution in [0.3, 0.4) is 0 Å². The van der Waals surface area contributed by atoms with Crippen molar-refractivity contribution in [2.24, 2.45) is 5.92 Å². The molecule has 0 aromatic carbocycles. The van der Waals surface area contributed by atoms with E-state index in [1.165, 1.54) is 4.90 Å². The number of carbonyl (C=O) groups excluding carboxylic acids is 3. The molecule has 1 N–H and O–H groups in total. The second-order valence-electron chi connectivity index (χ2n) is 3.92. The van der Waals surface area contributed by atoms with E-state index in [1.54, 1.807) is 13.8 Å². The van der Waals surface area contributed by atoms with Gasteiger partial charge >= 0.3 is 5.97 Å². The molecule has 0 fully saturated rings. The van der Waals surface area contributed by atoms with Crippen molar-refractivity contribution in [1.82, 2.24) is 4.90 Å². The SMILES string of the molecule is CCN(CC)C(=O)C(COC=O)C(CC(=O)O)OC=O. The summed E-state index contributed by atoms with van der Waals surface area (Å²) in [5.41, 5.74) is 0. The summed E-state index contributed by atoms with van der Waals surface area (Å²) < 4.78 is 9.22. The molecule has 0 heterocycles. The van der Waals surface area contributed by atoms with E-state index in [2.05, 4.69) is 9.47 Å². The van der Waals surface area contributed by atoms with Crippen LogP contribution in [0.25, 0.3) is 0 Å². The smallest absolute Gasteiger partial charge is 0.307 e. The van der Waals surface area contributed by atoms with Crippen LogP contribution < -0.4 is 0 Å². The number of carboxylic acid groups (broad SMARTS) is 1. The molecular weight excluding hydrogens is 270 g/mol. The van der Waals surface area contributed by atoms with E-state index >= 15 is 0 Å². The minimum atomic E-state index is -1.22. The van der Waals surface area contributed by atoms with Gasteiger partial charge in [0.1, 0.15) is 18.6 Å². The molecule has 0 aromatic rings. The van der Waals surface area contributed by atoms with E-state index in [0.29, 0.717) is 13.1 Å². The Morgan fingerprint density at radius 3 is 2.20 bits per heavy atom. The van der Waals surface area contributed by atoms with Crippen molar-refractivity contribution in [3.05, 3.63) is 0 Å². The molecule has 0 aliphatic heterocycles. The van der Waals surface area contributed by atoms with Gasteiger partial charge in [-0.1, -0.05) is 0 Å². The highest BCUT2D eigenvalue weighted by atomic mass is 16.5. The number of hydrogen-bond acceptors (Lipinski definition) is 6. The Bertz CT molecular complexity index is 341. The van der Waals surface area contributed by atoms with Gasteiger partial charge in [-0.05, 0) is 13.8 Å². The number of carboxylic acids is 1. The lowest BCUT2D eigenvalue weighted by molar-refractivity contribution is -0.154. The van der Waals surface area contributed by atoms with Crippen molar-refractivity contribution in [1.29, 1.82) is 0 Å². The van der Waals surface area contributed by atoms with Crippen molar-refractivity contribution in [2.45, 2.75) is 26.4 Å². The fraction of sp³-hybridized carbons (Fsp3) is 0.667. The summed E-state index contributed by atoms with van der Waals surface area (Å²) in [7, 11) is 0. The Morgan fingerprint density at radius 2 is 1.80 bits per heavy atom. The molecule has 0 saturated carbocycles. The number of amides is 1. The van der Waals surface area contributed by atoms with Crippen molar-refractivity contribution < 1.29 is 33.8 Å². The zero-order valence-electron chi connectivity index (χ0n) is 11.5. The standard InChI is InChI=1S/C12H19NO7/c1-3-13(4-2)12(18)9(6-19-7-14)10(20-8-15)5-11(16)17/h7-10H,3-6H2,1-2H3,(H,16,17). The molecule has 0 bridgehead atoms. The maximum absolute atomic E-state index is 12.3. The summed E-state index contributed by atoms with van der Waals surface area (Å²) in [4.78, 5) is 45.2. The Balaban J connectivity index is 5.13. The fourth-order valence-electron chi connectivity index (χ4n) is 1.78. The number of hydrogen-bond donors (Lipinski definition) is 1. The first-order valence-electron chi connectivity index (χ1n) is 6.16. The predicted molar refractivity (Wildman–Crippen MR) is 66.6 cm³/mol. The van der Waals surface area contributed by atoms with Gasteiger partial charge in [-0.3, -0.25) is 19.2 Å². The molecule has 0 aliphatic carbocycles. The van der Waals surface area contributed by atoms with Crippen LogP contribution >= 0.6 is 0 Å². The first kappa shape index (κ1) is 17.9. The summed E-state index contributed by atoms with van der Waals surface area (Å²) in [6.07, 6.45) is -1.73. The molecule has 2 atom stereocenters. The van der Waals surface area contributed by atoms with E-state index in [4.69, 9.17) is 5.11 Å². The van der Waals surface area contributed by atoms with Crippen LogP contribution in [0.2, 0.25) is 0 Å². The Hall–Kier alpha value is -2.12. The van der Waals surface area contributed by atoms with E-state index in [0.717, 1.165) is 0 Å². The minimum Gasteiger partial charge on any atom is -0.481 e. The van der Waals surface area contributed by atoms with Gasteiger partial charge in [-0.2, -0.15) is 0 Å². The van der Waals surface area contributed by atoms with Crippen LogP contribution in [0.1, 0.15) is 20.3 Å². The molecule has 8 heteroatoms. The first-order valence-corrected chi connectivity index (χ1v) is 6.16. The molecule has 0 saturated heterocycles. The lowest BCUT2D eigenvalue weighted by atomic mass is 9.98. The molecule has 0 aromatic heterocycles. The van der Waals surface area contributed by atoms with Crippen LogP contribution in [-0.4, -0.2) is 60.6 Å². The minimum absolute atomic E-state index is 0.0804. The van der Waals surface area contributed by atoms with Crippen molar-refractivity contribution in [3.63, 3.8) is 0 Å². The van der Waals surface area contributed by atoms with Crippen LogP contribution in [-0.2, 0) is 28.7 Å². The Morgan fingerprint density at radius 1 is 1.20 bits per heavy atom. The zero-order chi connectivity index (χ0) is 15.5. The van der Waals surface area contributed by atoms with Crippen LogP contribution in [0.15, 0.2) is 0 Å². The predicted octanol–water partition coefficient (Wildman–Crippen LogP) is -0.340. The van der Waals surface area contributed by atoms with Crippen molar-refractivity contribution in [3.8, 4) is 0 Å². The molecule has 114 valence electrons. The largest absolute Gasteiger partial charge is 0.481 e. The van der Waals surface area contributed by atoms with Gasteiger partial charge in [-0.25, -0.2) is 0 Å². The van der Waals surface area contributed by atoms with Gasteiger partial charge in [0.05, 0.1) is 6.42 Å². The van der Waals surface area contributed by atoms with Gasteiger partial charge < -0.3 is 19.5 Å². The zero-order valence-corrected chi connectivity index (χ0v) is 11.5. The van der Waals surface area contributed by atoms with E-state index in [1.807, 2.05) is 0 Å². The van der Waals surface area contributed by atoms with E-state index in [-0.39, 0.29) is 19.6 Å². The molecule has 0 radical (unpaired) electrons. The number of ether oxygens (including phenoxy) is 2. The lowest BCUT2D eigenvalue weighted by Crippen LogP contribution is -2.44. The third kappa shape index (κ3) is 5.68. The highest BCUT2D eigenvalue weighted by Gasteiger charge is 2.34. The number of carbonyl (C=O) groups is 4. The summed E-state index contributed by atoms with van der Waals surface area (Å²) >= 11 is 0. The summed E-state index contributed by atoms with van der Waals surface area (Å²) in [6, 6.07) is 0. The van der Waals surface area contributed by atoms with Crippen molar-refractivity contribution >= 4 is 24.8 Å². The fourth-order valence-corrected chi connectivity index (χ4v) is 1.78. The summed E-state index contributed by atoms with van der Waals surface area (Å²) in [6.45, 7) is 4.22. The maximum atomic E-state index is 12.3. The third-order valence-electron chi connectivity index (χ3n) is 2.79. The van der Waals surface area contributed by atoms with E-state index < -0.39 is 30.3 Å². The van der Waals surface area contributed by atoms with Crippen molar-refractivity contribution in [2.75, 3.05) is 19.7 Å². The number of rotatable bonds is 11. The molecule has 8 nitrogen and oxygen atoms in total. The van der Waals surface area contributed by atoms with Gasteiger partial charge in [-0.15, -0.1) is 0 Å². The summed E-state index contributed by atoms with van der Waals surface area (Å²) in [5, 5.41) is 8.79. The molecule has 0 spiro atoms. The molecule has 0 aliphatic rings. The second kappa shape index (κ2) is 9.76. The van der Waals surface area contributed by atoms with Crippen LogP contribution in [0.5, 0.6) is 0 Å². The maximum Gasteiger partial charge on any atom is 0.307 e. The number of aliphatic carboxylic acids is 1. The highest BCUT2D eigenvalue weighted by molar-refractivity contribution is 5.81. The first-order chi connectivity index (χ1) is 9.51. The third-order valence-corrected chi connectivity index (χ3v) is 2.79. The van der Waals surface area contributed by atoms with Gasteiger partial charge in [0.25, 0.3) is 12.9 Å². The topological polar surface area (TPSA) is 110 Å². The lowest BCUT2D eigenvalue weighted by Gasteiger charge is -2.28. The summed E-state index contributed by atoms with van der Waals surface area (Å²) in [5.74, 6) is -2.69. The van der Waals surface area contributed by atoms with Crippen LogP contribution in [0.4, 0.5) is 0 Å². The molecular formula is C12H19NO7. The Labute approximate surface area is 116 Å². The normalized spacial score (nSPS) is 12.9. The monoisotopic (exact) mass is 289 g/mol. The second-order valence-corrected chi connectivity index (χ2v) is 3.92. The van der Waals surface area contributed by atoms with Gasteiger partial charge in [0.15, 0.2) is 0 Å². The molecule has 2 unspecified atom stereocenters. The quantitative estimate of drug-likeness (QED) is 0.518. The Kier molecular flexibility index (Phi) is 8.73. The number of nitrogens with zero attached hydrogens (tertiary/aromatic N) is 1. The van der Waals surface area contributed by atoms with Crippen LogP contribution in [0, 0.1) is 5.92 Å². The average molecular weight is 289 g/mol. The highest BCUT2D eigenvalue weighted by Crippen LogP contribution is 2.16. The van der Waals surface area contributed by atoms with Gasteiger partial charge in [0.2, 0.25) is 5.91 Å². The molecule has 1 amide bonds. The molecule has 20 heavy (non-hydrogen) atoms. The van der Waals surface area contributed by atoms with Gasteiger partial charge in [0, 0.05) is 13.1 Å². The molecule has 0 rings (SSSR count). The average Bonchev–Trinajstić information content (AvgIpc) is 2.40.